The molecule has 2 atom stereocenters. The Kier molecular flexibility index (Phi) is 5.44. The summed E-state index contributed by atoms with van der Waals surface area (Å²) in [4.78, 5) is 14.5. The van der Waals surface area contributed by atoms with E-state index >= 15 is 0 Å². The fraction of sp³-hybridized carbons (Fsp3) is 0.923. The third-order valence-corrected chi connectivity index (χ3v) is 3.97. The van der Waals surface area contributed by atoms with Crippen molar-refractivity contribution < 1.29 is 9.53 Å². The molecule has 18 heavy (non-hydrogen) atoms. The Labute approximate surface area is 116 Å². The maximum absolute atomic E-state index is 12.5. The predicted octanol–water partition coefficient (Wildman–Crippen LogP) is 1.42. The van der Waals surface area contributed by atoms with Crippen molar-refractivity contribution in [2.24, 2.45) is 17.6 Å². The highest BCUT2D eigenvalue weighted by Gasteiger charge is 2.40. The standard InChI is InChI=1S/C13H24N2O2.ClH/c1-10-7-11(2)9-15(8-10)12(16)13(14)3-5-17-6-4-13;/h10-11H,3-9,14H2,1-2H3;1H. The molecule has 0 aliphatic carbocycles. The van der Waals surface area contributed by atoms with Gasteiger partial charge in [0.05, 0.1) is 5.54 Å². The Morgan fingerprint density at radius 1 is 1.22 bits per heavy atom. The lowest BCUT2D eigenvalue weighted by atomic mass is 9.86. The molecule has 0 aromatic heterocycles. The van der Waals surface area contributed by atoms with Crippen LogP contribution in [0.3, 0.4) is 0 Å². The summed E-state index contributed by atoms with van der Waals surface area (Å²) in [7, 11) is 0. The highest BCUT2D eigenvalue weighted by Crippen LogP contribution is 2.26. The van der Waals surface area contributed by atoms with Gasteiger partial charge >= 0.3 is 0 Å². The van der Waals surface area contributed by atoms with Crippen LogP contribution in [0.5, 0.6) is 0 Å². The number of halogens is 1. The highest BCUT2D eigenvalue weighted by molar-refractivity contribution is 5.86. The molecule has 4 nitrogen and oxygen atoms in total. The predicted molar refractivity (Wildman–Crippen MR) is 73.7 cm³/mol. The molecule has 2 aliphatic heterocycles. The van der Waals surface area contributed by atoms with Gasteiger partial charge in [0.15, 0.2) is 0 Å². The van der Waals surface area contributed by atoms with Gasteiger partial charge in [-0.25, -0.2) is 0 Å². The number of ether oxygens (including phenoxy) is 1. The molecule has 5 heteroatoms. The number of hydrogen-bond acceptors (Lipinski definition) is 3. The molecule has 2 aliphatic rings. The number of hydrogen-bond donors (Lipinski definition) is 1. The molecule has 0 radical (unpaired) electrons. The zero-order valence-electron chi connectivity index (χ0n) is 11.4. The minimum atomic E-state index is -0.672. The summed E-state index contributed by atoms with van der Waals surface area (Å²) in [6, 6.07) is 0. The van der Waals surface area contributed by atoms with Gasteiger partial charge in [0.1, 0.15) is 0 Å². The van der Waals surface area contributed by atoms with Crippen LogP contribution in [0.25, 0.3) is 0 Å². The Balaban J connectivity index is 0.00000162. The summed E-state index contributed by atoms with van der Waals surface area (Å²) in [5.41, 5.74) is 5.58. The second-order valence-corrected chi connectivity index (χ2v) is 5.92. The number of nitrogens with zero attached hydrogens (tertiary/aromatic N) is 1. The Bertz CT molecular complexity index is 283. The van der Waals surface area contributed by atoms with Crippen LogP contribution in [0.1, 0.15) is 33.1 Å². The van der Waals surface area contributed by atoms with E-state index in [0.29, 0.717) is 37.9 Å². The molecule has 2 rings (SSSR count). The zero-order chi connectivity index (χ0) is 12.5. The molecule has 2 heterocycles. The first-order chi connectivity index (χ1) is 8.01. The number of nitrogens with two attached hydrogens (primary N) is 1. The second kappa shape index (κ2) is 6.22. The fourth-order valence-electron chi connectivity index (χ4n) is 3.09. The molecule has 0 aromatic rings. The molecule has 2 saturated heterocycles. The second-order valence-electron chi connectivity index (χ2n) is 5.92. The van der Waals surface area contributed by atoms with Crippen molar-refractivity contribution in [3.05, 3.63) is 0 Å². The monoisotopic (exact) mass is 276 g/mol. The maximum Gasteiger partial charge on any atom is 0.242 e. The molecule has 0 bridgehead atoms. The first-order valence-corrected chi connectivity index (χ1v) is 6.67. The summed E-state index contributed by atoms with van der Waals surface area (Å²) in [6.45, 7) is 7.38. The minimum absolute atomic E-state index is 0. The van der Waals surface area contributed by atoms with Crippen molar-refractivity contribution in [1.82, 2.24) is 4.90 Å². The molecule has 1 amide bonds. The normalized spacial score (nSPS) is 31.6. The molecule has 2 fully saturated rings. The van der Waals surface area contributed by atoms with Crippen molar-refractivity contribution in [2.75, 3.05) is 26.3 Å². The van der Waals surface area contributed by atoms with E-state index in [-0.39, 0.29) is 18.3 Å². The van der Waals surface area contributed by atoms with Crippen molar-refractivity contribution in [1.29, 1.82) is 0 Å². The number of carbonyl (C=O) groups excluding carboxylic acids is 1. The lowest BCUT2D eigenvalue weighted by Gasteiger charge is -2.41. The van der Waals surface area contributed by atoms with Crippen molar-refractivity contribution >= 4 is 18.3 Å². The van der Waals surface area contributed by atoms with Gasteiger partial charge in [0.2, 0.25) is 5.91 Å². The summed E-state index contributed by atoms with van der Waals surface area (Å²) < 4.78 is 5.29. The minimum Gasteiger partial charge on any atom is -0.381 e. The Hall–Kier alpha value is -0.320. The fourth-order valence-corrected chi connectivity index (χ4v) is 3.09. The zero-order valence-corrected chi connectivity index (χ0v) is 12.2. The summed E-state index contributed by atoms with van der Waals surface area (Å²) >= 11 is 0. The summed E-state index contributed by atoms with van der Waals surface area (Å²) in [6.07, 6.45) is 2.53. The summed E-state index contributed by atoms with van der Waals surface area (Å²) in [5, 5.41) is 0. The van der Waals surface area contributed by atoms with E-state index in [0.717, 1.165) is 13.1 Å². The van der Waals surface area contributed by atoms with Crippen LogP contribution in [-0.4, -0.2) is 42.6 Å². The van der Waals surface area contributed by atoms with E-state index in [1.165, 1.54) is 6.42 Å². The van der Waals surface area contributed by atoms with E-state index in [1.807, 2.05) is 4.90 Å². The molecule has 0 spiro atoms. The van der Waals surface area contributed by atoms with Crippen LogP contribution in [0, 0.1) is 11.8 Å². The van der Waals surface area contributed by atoms with Crippen LogP contribution >= 0.6 is 12.4 Å². The number of rotatable bonds is 1. The van der Waals surface area contributed by atoms with Crippen LogP contribution in [-0.2, 0) is 9.53 Å². The third kappa shape index (κ3) is 3.37. The third-order valence-electron chi connectivity index (χ3n) is 3.97. The van der Waals surface area contributed by atoms with E-state index in [2.05, 4.69) is 13.8 Å². The molecular weight excluding hydrogens is 252 g/mol. The SMILES string of the molecule is CC1CC(C)CN(C(=O)C2(N)CCOCC2)C1.Cl. The number of likely N-dealkylation sites (tertiary alicyclic amines) is 1. The summed E-state index contributed by atoms with van der Waals surface area (Å²) in [5.74, 6) is 1.32. The van der Waals surface area contributed by atoms with Crippen LogP contribution < -0.4 is 5.73 Å². The topological polar surface area (TPSA) is 55.6 Å². The molecular formula is C13H25ClN2O2. The smallest absolute Gasteiger partial charge is 0.242 e. The Morgan fingerprint density at radius 3 is 2.22 bits per heavy atom. The average Bonchev–Trinajstić information content (AvgIpc) is 2.27. The van der Waals surface area contributed by atoms with Crippen molar-refractivity contribution in [3.63, 3.8) is 0 Å². The molecule has 106 valence electrons. The van der Waals surface area contributed by atoms with Gasteiger partial charge < -0.3 is 15.4 Å². The first-order valence-electron chi connectivity index (χ1n) is 6.67. The lowest BCUT2D eigenvalue weighted by Crippen LogP contribution is -2.60. The number of piperidine rings is 1. The molecule has 0 saturated carbocycles. The largest absolute Gasteiger partial charge is 0.381 e. The van der Waals surface area contributed by atoms with Gasteiger partial charge in [-0.15, -0.1) is 12.4 Å². The van der Waals surface area contributed by atoms with E-state index in [9.17, 15) is 4.79 Å². The van der Waals surface area contributed by atoms with Gasteiger partial charge in [-0.1, -0.05) is 13.8 Å². The number of carbonyl (C=O) groups is 1. The van der Waals surface area contributed by atoms with E-state index in [1.54, 1.807) is 0 Å². The van der Waals surface area contributed by atoms with E-state index in [4.69, 9.17) is 10.5 Å². The van der Waals surface area contributed by atoms with Gasteiger partial charge in [-0.05, 0) is 31.1 Å². The molecule has 2 N–H and O–H groups in total. The maximum atomic E-state index is 12.5. The van der Waals surface area contributed by atoms with Gasteiger partial charge in [0, 0.05) is 26.3 Å². The first kappa shape index (κ1) is 15.7. The Morgan fingerprint density at radius 2 is 1.72 bits per heavy atom. The average molecular weight is 277 g/mol. The van der Waals surface area contributed by atoms with Gasteiger partial charge in [-0.3, -0.25) is 4.79 Å². The van der Waals surface area contributed by atoms with Crippen LogP contribution in [0.4, 0.5) is 0 Å². The quantitative estimate of drug-likeness (QED) is 0.788. The van der Waals surface area contributed by atoms with E-state index < -0.39 is 5.54 Å². The molecule has 0 aromatic carbocycles. The molecule has 2 unspecified atom stereocenters. The number of amides is 1. The van der Waals surface area contributed by atoms with Crippen molar-refractivity contribution in [2.45, 2.75) is 38.6 Å². The highest BCUT2D eigenvalue weighted by atomic mass is 35.5. The van der Waals surface area contributed by atoms with Crippen LogP contribution in [0.15, 0.2) is 0 Å². The lowest BCUT2D eigenvalue weighted by molar-refractivity contribution is -0.143. The van der Waals surface area contributed by atoms with Gasteiger partial charge in [0.25, 0.3) is 0 Å². The van der Waals surface area contributed by atoms with Crippen molar-refractivity contribution in [3.8, 4) is 0 Å². The van der Waals surface area contributed by atoms with Gasteiger partial charge in [-0.2, -0.15) is 0 Å². The van der Waals surface area contributed by atoms with Crippen LogP contribution in [0.2, 0.25) is 0 Å².